The molecule has 0 amide bonds. The van der Waals surface area contributed by atoms with Crippen molar-refractivity contribution in [2.45, 2.75) is 19.3 Å². The third-order valence-electron chi connectivity index (χ3n) is 4.80. The van der Waals surface area contributed by atoms with Crippen LogP contribution in [0.25, 0.3) is 23.0 Å². The average molecular weight is 374 g/mol. The van der Waals surface area contributed by atoms with Crippen molar-refractivity contribution in [1.29, 1.82) is 0 Å². The van der Waals surface area contributed by atoms with Gasteiger partial charge in [-0.2, -0.15) is 10.1 Å². The van der Waals surface area contributed by atoms with E-state index in [0.717, 1.165) is 22.6 Å². The Morgan fingerprint density at radius 3 is 2.68 bits per heavy atom. The van der Waals surface area contributed by atoms with Crippen LogP contribution in [-0.2, 0) is 17.9 Å². The summed E-state index contributed by atoms with van der Waals surface area (Å²) in [6.45, 7) is 1.14. The third-order valence-corrected chi connectivity index (χ3v) is 4.80. The largest absolute Gasteiger partial charge is 0.497 e. The zero-order chi connectivity index (χ0) is 18.9. The Bertz CT molecular complexity index is 1090. The average Bonchev–Trinajstić information content (AvgIpc) is 3.41. The zero-order valence-corrected chi connectivity index (χ0v) is 15.3. The highest BCUT2D eigenvalue weighted by atomic mass is 16.5. The maximum Gasteiger partial charge on any atom is 0.278 e. The quantitative estimate of drug-likeness (QED) is 0.540. The first kappa shape index (κ1) is 16.7. The smallest absolute Gasteiger partial charge is 0.278 e. The van der Waals surface area contributed by atoms with Crippen LogP contribution in [-0.4, -0.2) is 27.0 Å². The molecule has 0 radical (unpaired) electrons. The molecule has 1 aliphatic rings. The van der Waals surface area contributed by atoms with Gasteiger partial charge in [-0.25, -0.2) is 0 Å². The fraction of sp³-hybridized carbons (Fsp3) is 0.190. The van der Waals surface area contributed by atoms with Crippen molar-refractivity contribution >= 4 is 0 Å². The van der Waals surface area contributed by atoms with Crippen LogP contribution in [0.3, 0.4) is 0 Å². The molecule has 0 aliphatic carbocycles. The van der Waals surface area contributed by atoms with Crippen molar-refractivity contribution in [1.82, 2.24) is 19.9 Å². The number of aromatic nitrogens is 4. The number of rotatable bonds is 4. The summed E-state index contributed by atoms with van der Waals surface area (Å²) >= 11 is 0. The molecule has 7 heteroatoms. The summed E-state index contributed by atoms with van der Waals surface area (Å²) in [6.07, 6.45) is -0.0148. The minimum absolute atomic E-state index is 0.0148. The van der Waals surface area contributed by atoms with E-state index in [1.165, 1.54) is 0 Å². The highest BCUT2D eigenvalue weighted by Gasteiger charge is 2.24. The van der Waals surface area contributed by atoms with Crippen molar-refractivity contribution in [2.24, 2.45) is 0 Å². The van der Waals surface area contributed by atoms with Crippen molar-refractivity contribution in [3.8, 4) is 28.7 Å². The molecule has 2 aromatic heterocycles. The Hall–Kier alpha value is -3.45. The van der Waals surface area contributed by atoms with Crippen molar-refractivity contribution in [2.75, 3.05) is 7.11 Å². The summed E-state index contributed by atoms with van der Waals surface area (Å²) in [5.74, 6) is 1.69. The van der Waals surface area contributed by atoms with Gasteiger partial charge in [-0.1, -0.05) is 35.5 Å². The number of benzene rings is 2. The van der Waals surface area contributed by atoms with Crippen LogP contribution >= 0.6 is 0 Å². The second kappa shape index (κ2) is 6.94. The van der Waals surface area contributed by atoms with Crippen LogP contribution in [0.2, 0.25) is 0 Å². The van der Waals surface area contributed by atoms with E-state index < -0.39 is 0 Å². The number of hydrogen-bond acceptors (Lipinski definition) is 6. The Labute approximate surface area is 161 Å². The van der Waals surface area contributed by atoms with Gasteiger partial charge >= 0.3 is 0 Å². The first-order valence-corrected chi connectivity index (χ1v) is 9.02. The Kier molecular flexibility index (Phi) is 4.14. The lowest BCUT2D eigenvalue weighted by Crippen LogP contribution is -2.21. The maximum atomic E-state index is 6.00. The van der Waals surface area contributed by atoms with E-state index in [-0.39, 0.29) is 6.10 Å². The highest BCUT2D eigenvalue weighted by Crippen LogP contribution is 2.29. The molecule has 0 bridgehead atoms. The van der Waals surface area contributed by atoms with Gasteiger partial charge in [-0.15, -0.1) is 0 Å². The molecule has 3 heterocycles. The van der Waals surface area contributed by atoms with Gasteiger partial charge in [0.25, 0.3) is 5.89 Å². The second-order valence-corrected chi connectivity index (χ2v) is 6.56. The molecule has 0 N–H and O–H groups in total. The molecular formula is C21H18N4O3. The van der Waals surface area contributed by atoms with Crippen molar-refractivity contribution in [3.63, 3.8) is 0 Å². The fourth-order valence-electron chi connectivity index (χ4n) is 3.28. The number of ether oxygens (including phenoxy) is 2. The summed E-state index contributed by atoms with van der Waals surface area (Å²) in [4.78, 5) is 4.49. The summed E-state index contributed by atoms with van der Waals surface area (Å²) in [5.41, 5.74) is 3.64. The Morgan fingerprint density at radius 2 is 1.89 bits per heavy atom. The summed E-state index contributed by atoms with van der Waals surface area (Å²) in [5, 5.41) is 8.73. The lowest BCUT2D eigenvalue weighted by atomic mass is 10.1. The molecule has 140 valence electrons. The number of hydrogen-bond donors (Lipinski definition) is 0. The Morgan fingerprint density at radius 1 is 1.07 bits per heavy atom. The van der Waals surface area contributed by atoms with Gasteiger partial charge < -0.3 is 14.0 Å². The standard InChI is InChI=1S/C21H18N4O3/c1-26-17-9-7-15(8-10-17)20-22-21(28-24-20)18-11-16-13-27-19(12-25(16)23-18)14-5-3-2-4-6-14/h2-11,19H,12-13H2,1H3/t19-/m0/s1. The van der Waals surface area contributed by atoms with E-state index in [0.29, 0.717) is 30.6 Å². The molecule has 0 saturated carbocycles. The van der Waals surface area contributed by atoms with Gasteiger partial charge in [0.05, 0.1) is 26.0 Å². The van der Waals surface area contributed by atoms with Crippen molar-refractivity contribution < 1.29 is 14.0 Å². The molecule has 7 nitrogen and oxygen atoms in total. The molecule has 0 spiro atoms. The fourth-order valence-corrected chi connectivity index (χ4v) is 3.28. The number of methoxy groups -OCH3 is 1. The van der Waals surface area contributed by atoms with Gasteiger partial charge in [0.2, 0.25) is 5.82 Å². The van der Waals surface area contributed by atoms with Crippen LogP contribution in [0, 0.1) is 0 Å². The first-order chi connectivity index (χ1) is 13.8. The van der Waals surface area contributed by atoms with E-state index >= 15 is 0 Å². The monoisotopic (exact) mass is 374 g/mol. The zero-order valence-electron chi connectivity index (χ0n) is 15.3. The molecule has 1 aliphatic heterocycles. The minimum Gasteiger partial charge on any atom is -0.497 e. The lowest BCUT2D eigenvalue weighted by molar-refractivity contribution is -0.00113. The van der Waals surface area contributed by atoms with Gasteiger partial charge in [0, 0.05) is 5.56 Å². The predicted octanol–water partition coefficient (Wildman–Crippen LogP) is 3.88. The van der Waals surface area contributed by atoms with Gasteiger partial charge in [0.1, 0.15) is 11.9 Å². The molecule has 1 atom stereocenters. The molecule has 2 aromatic carbocycles. The normalized spacial score (nSPS) is 16.0. The van der Waals surface area contributed by atoms with E-state index in [2.05, 4.69) is 27.4 Å². The molecule has 5 rings (SSSR count). The van der Waals surface area contributed by atoms with E-state index in [1.54, 1.807) is 7.11 Å². The highest BCUT2D eigenvalue weighted by molar-refractivity contribution is 5.58. The van der Waals surface area contributed by atoms with Crippen LogP contribution in [0.5, 0.6) is 5.75 Å². The third kappa shape index (κ3) is 3.05. The number of fused-ring (bicyclic) bond motifs is 1. The summed E-state index contributed by atoms with van der Waals surface area (Å²) in [6, 6.07) is 19.6. The van der Waals surface area contributed by atoms with Gasteiger partial charge in [0.15, 0.2) is 5.69 Å². The topological polar surface area (TPSA) is 75.2 Å². The lowest BCUT2D eigenvalue weighted by Gasteiger charge is -2.24. The second-order valence-electron chi connectivity index (χ2n) is 6.56. The van der Waals surface area contributed by atoms with E-state index in [4.69, 9.17) is 14.0 Å². The summed E-state index contributed by atoms with van der Waals surface area (Å²) < 4.78 is 18.6. The van der Waals surface area contributed by atoms with Crippen LogP contribution in [0.15, 0.2) is 65.2 Å². The molecule has 4 aromatic rings. The molecule has 0 fully saturated rings. The van der Waals surface area contributed by atoms with Gasteiger partial charge in [-0.05, 0) is 35.9 Å². The van der Waals surface area contributed by atoms with Gasteiger partial charge in [-0.3, -0.25) is 4.68 Å². The van der Waals surface area contributed by atoms with E-state index in [9.17, 15) is 0 Å². The SMILES string of the molecule is COc1ccc(-c2noc(-c3cc4n(n3)C[C@@H](c3ccccc3)OC4)n2)cc1. The molecule has 28 heavy (non-hydrogen) atoms. The molecular weight excluding hydrogens is 356 g/mol. The summed E-state index contributed by atoms with van der Waals surface area (Å²) in [7, 11) is 1.63. The maximum absolute atomic E-state index is 6.00. The van der Waals surface area contributed by atoms with Crippen molar-refractivity contribution in [3.05, 3.63) is 71.9 Å². The number of nitrogens with zero attached hydrogens (tertiary/aromatic N) is 4. The molecule has 0 unspecified atom stereocenters. The minimum atomic E-state index is -0.0148. The first-order valence-electron chi connectivity index (χ1n) is 9.02. The van der Waals surface area contributed by atoms with Crippen LogP contribution in [0.4, 0.5) is 0 Å². The van der Waals surface area contributed by atoms with E-state index in [1.807, 2.05) is 53.2 Å². The van der Waals surface area contributed by atoms with Crippen LogP contribution < -0.4 is 4.74 Å². The van der Waals surface area contributed by atoms with Crippen LogP contribution in [0.1, 0.15) is 17.4 Å². The molecule has 0 saturated heterocycles. The Balaban J connectivity index is 1.39. The predicted molar refractivity (Wildman–Crippen MR) is 101 cm³/mol.